The Balaban J connectivity index is 2.80. The predicted molar refractivity (Wildman–Crippen MR) is 73.4 cm³/mol. The standard InChI is InChI=1S/C10H16N2O4S3/c1-3-12-8-4-6(2)18(13,14)10-7(8)5-9(17-10)19(11,15)16/h5-6,8,12H,3-4H2,1-2H3,(H2,11,15,16)/t6-,8-/m0/s1/i1D3,2D3,3D2,8D. The molecule has 0 spiro atoms. The van der Waals surface area contributed by atoms with E-state index in [1.807, 2.05) is 5.32 Å². The van der Waals surface area contributed by atoms with E-state index in [-0.39, 0.29) is 11.3 Å². The molecule has 0 amide bonds. The van der Waals surface area contributed by atoms with E-state index in [0.29, 0.717) is 0 Å². The fraction of sp³-hybridized carbons (Fsp3) is 0.600. The lowest BCUT2D eigenvalue weighted by molar-refractivity contribution is 0.477. The van der Waals surface area contributed by atoms with Gasteiger partial charge in [-0.15, -0.1) is 11.3 Å². The molecule has 3 N–H and O–H groups in total. The van der Waals surface area contributed by atoms with Crippen molar-refractivity contribution in [3.63, 3.8) is 0 Å². The first-order chi connectivity index (χ1) is 12.1. The Hall–Kier alpha value is -0.480. The molecule has 2 rings (SSSR count). The summed E-state index contributed by atoms with van der Waals surface area (Å²) in [5, 5.41) is 4.68. The molecule has 0 saturated carbocycles. The number of nitrogens with two attached hydrogens (primary N) is 1. The molecule has 1 aromatic heterocycles. The Morgan fingerprint density at radius 2 is 2.47 bits per heavy atom. The molecule has 2 atom stereocenters. The van der Waals surface area contributed by atoms with Gasteiger partial charge in [0, 0.05) is 22.5 Å². The molecule has 0 aliphatic carbocycles. The van der Waals surface area contributed by atoms with E-state index in [9.17, 15) is 16.8 Å². The first kappa shape index (κ1) is 6.99. The second-order valence-corrected chi connectivity index (χ2v) is 8.94. The second kappa shape index (κ2) is 4.81. The minimum absolute atomic E-state index is 0.131. The topological polar surface area (TPSA) is 106 Å². The van der Waals surface area contributed by atoms with Crippen molar-refractivity contribution in [2.24, 2.45) is 5.14 Å². The molecule has 1 aliphatic heterocycles. The molecule has 19 heavy (non-hydrogen) atoms. The molecule has 108 valence electrons. The molecular weight excluding hydrogens is 308 g/mol. The van der Waals surface area contributed by atoms with Crippen LogP contribution in [0.4, 0.5) is 0 Å². The van der Waals surface area contributed by atoms with Crippen LogP contribution in [0.2, 0.25) is 0 Å². The molecule has 6 nitrogen and oxygen atoms in total. The normalized spacial score (nSPS) is 39.0. The maximum Gasteiger partial charge on any atom is 0.247 e. The van der Waals surface area contributed by atoms with Crippen LogP contribution in [-0.2, 0) is 19.9 Å². The maximum atomic E-state index is 12.7. The maximum absolute atomic E-state index is 12.7. The van der Waals surface area contributed by atoms with Gasteiger partial charge < -0.3 is 5.32 Å². The highest BCUT2D eigenvalue weighted by atomic mass is 32.3. The molecule has 0 radical (unpaired) electrons. The Labute approximate surface area is 129 Å². The van der Waals surface area contributed by atoms with Crippen LogP contribution in [-0.4, -0.2) is 28.6 Å². The average molecular weight is 334 g/mol. The Morgan fingerprint density at radius 3 is 3.05 bits per heavy atom. The van der Waals surface area contributed by atoms with Gasteiger partial charge in [0.15, 0.2) is 9.84 Å². The lowest BCUT2D eigenvalue weighted by Gasteiger charge is -2.27. The third kappa shape index (κ3) is 2.57. The van der Waals surface area contributed by atoms with Crippen LogP contribution in [0.25, 0.3) is 0 Å². The van der Waals surface area contributed by atoms with Crippen molar-refractivity contribution in [2.45, 2.75) is 39.8 Å². The number of fused-ring (bicyclic) bond motifs is 1. The van der Waals surface area contributed by atoms with Crippen LogP contribution < -0.4 is 10.5 Å². The quantitative estimate of drug-likeness (QED) is 0.843. The van der Waals surface area contributed by atoms with Gasteiger partial charge in [-0.2, -0.15) is 0 Å². The molecule has 0 bridgehead atoms. The average Bonchev–Trinajstić information content (AvgIpc) is 2.87. The zero-order valence-electron chi connectivity index (χ0n) is 18.3. The highest BCUT2D eigenvalue weighted by Crippen LogP contribution is 2.42. The van der Waals surface area contributed by atoms with Gasteiger partial charge in [0.05, 0.1) is 6.62 Å². The first-order valence-electron chi connectivity index (χ1n) is 9.33. The van der Waals surface area contributed by atoms with Crippen molar-refractivity contribution in [3.8, 4) is 0 Å². The second-order valence-electron chi connectivity index (χ2n) is 3.78. The zero-order valence-corrected chi connectivity index (χ0v) is 11.7. The largest absolute Gasteiger partial charge is 0.310 e. The number of hydrogen-bond acceptors (Lipinski definition) is 6. The van der Waals surface area contributed by atoms with Gasteiger partial charge in [0.2, 0.25) is 10.0 Å². The minimum atomic E-state index is -4.63. The van der Waals surface area contributed by atoms with Crippen LogP contribution in [0.15, 0.2) is 14.5 Å². The minimum Gasteiger partial charge on any atom is -0.310 e. The number of nitrogens with one attached hydrogen (secondary N) is 1. The summed E-state index contributed by atoms with van der Waals surface area (Å²) in [5.41, 5.74) is -0.574. The molecule has 1 aromatic rings. The summed E-state index contributed by atoms with van der Waals surface area (Å²) < 4.78 is 115. The molecule has 2 heterocycles. The summed E-state index contributed by atoms with van der Waals surface area (Å²) in [5.74, 6) is 0. The SMILES string of the molecule is [2H]C([2H])([2H])[C@H]1C[C@]([2H])(NC([2H])([2H])C([2H])([2H])[2H])c2cc(S(N)(=O)=O)sc2S1(=O)=O. The van der Waals surface area contributed by atoms with E-state index >= 15 is 0 Å². The highest BCUT2D eigenvalue weighted by molar-refractivity contribution is 7.95. The van der Waals surface area contributed by atoms with Crippen LogP contribution in [0.1, 0.15) is 44.0 Å². The lowest BCUT2D eigenvalue weighted by atomic mass is 10.1. The van der Waals surface area contributed by atoms with Gasteiger partial charge in [0.25, 0.3) is 0 Å². The van der Waals surface area contributed by atoms with Crippen molar-refractivity contribution >= 4 is 31.2 Å². The summed E-state index contributed by atoms with van der Waals surface area (Å²) in [4.78, 5) is 0. The Bertz CT molecular complexity index is 996. The van der Waals surface area contributed by atoms with Crippen molar-refractivity contribution in [1.82, 2.24) is 5.32 Å². The van der Waals surface area contributed by atoms with Gasteiger partial charge in [-0.3, -0.25) is 0 Å². The van der Waals surface area contributed by atoms with Gasteiger partial charge in [-0.05, 0) is 25.8 Å². The van der Waals surface area contributed by atoms with Crippen LogP contribution in [0.3, 0.4) is 0 Å². The molecule has 0 fully saturated rings. The number of hydrogen-bond donors (Lipinski definition) is 2. The van der Waals surface area contributed by atoms with Crippen LogP contribution in [0, 0.1) is 0 Å². The smallest absolute Gasteiger partial charge is 0.247 e. The fourth-order valence-electron chi connectivity index (χ4n) is 1.64. The summed E-state index contributed by atoms with van der Waals surface area (Å²) >= 11 is 0.131. The van der Waals surface area contributed by atoms with Gasteiger partial charge >= 0.3 is 0 Å². The molecular formula is C10H16N2O4S3. The van der Waals surface area contributed by atoms with E-state index in [2.05, 4.69) is 0 Å². The fourth-order valence-corrected chi connectivity index (χ4v) is 5.66. The van der Waals surface area contributed by atoms with Gasteiger partial charge in [-0.25, -0.2) is 22.0 Å². The number of rotatable bonds is 3. The number of primary sulfonamides is 1. The predicted octanol–water partition coefficient (Wildman–Crippen LogP) is 0.612. The third-order valence-corrected chi connectivity index (χ3v) is 7.47. The van der Waals surface area contributed by atoms with Crippen molar-refractivity contribution < 1.29 is 29.2 Å². The Kier molecular flexibility index (Phi) is 1.77. The number of thiophene rings is 1. The van der Waals surface area contributed by atoms with Crippen molar-refractivity contribution in [2.75, 3.05) is 6.50 Å². The van der Waals surface area contributed by atoms with E-state index in [4.69, 9.17) is 17.5 Å². The molecule has 9 heteroatoms. The number of sulfone groups is 1. The summed E-state index contributed by atoms with van der Waals surface area (Å²) in [6.45, 7) is -9.63. The van der Waals surface area contributed by atoms with E-state index in [0.717, 1.165) is 6.07 Å². The molecule has 1 aliphatic rings. The summed E-state index contributed by atoms with van der Waals surface area (Å²) in [6, 6.07) is -1.84. The third-order valence-electron chi connectivity index (χ3n) is 2.52. The molecule has 0 unspecified atom stereocenters. The number of sulfonamides is 1. The van der Waals surface area contributed by atoms with Crippen LogP contribution in [0.5, 0.6) is 0 Å². The van der Waals surface area contributed by atoms with E-state index < -0.39 is 71.7 Å². The summed E-state index contributed by atoms with van der Waals surface area (Å²) in [6.07, 6.45) is -1.03. The summed E-state index contributed by atoms with van der Waals surface area (Å²) in [7, 11) is -9.05. The van der Waals surface area contributed by atoms with Gasteiger partial charge in [-0.1, -0.05) is 6.85 Å². The van der Waals surface area contributed by atoms with Crippen molar-refractivity contribution in [3.05, 3.63) is 11.6 Å². The van der Waals surface area contributed by atoms with Crippen LogP contribution >= 0.6 is 11.3 Å². The molecule has 0 aromatic carbocycles. The molecule has 0 saturated heterocycles. The Morgan fingerprint density at radius 1 is 1.74 bits per heavy atom. The van der Waals surface area contributed by atoms with Crippen molar-refractivity contribution in [1.29, 1.82) is 0 Å². The zero-order chi connectivity index (χ0) is 22.1. The highest BCUT2D eigenvalue weighted by Gasteiger charge is 2.39. The van der Waals surface area contributed by atoms with Gasteiger partial charge in [0.1, 0.15) is 8.42 Å². The monoisotopic (exact) mass is 333 g/mol. The van der Waals surface area contributed by atoms with E-state index in [1.165, 1.54) is 0 Å². The lowest BCUT2D eigenvalue weighted by Crippen LogP contribution is -2.33. The van der Waals surface area contributed by atoms with E-state index in [1.54, 1.807) is 0 Å². The first-order valence-corrected chi connectivity index (χ1v) is 8.74.